The molecule has 1 unspecified atom stereocenters. The van der Waals surface area contributed by atoms with E-state index in [2.05, 4.69) is 0 Å². The molecule has 2 heterocycles. The molecule has 5 nitrogen and oxygen atoms in total. The molecule has 0 saturated carbocycles. The number of piperidine rings is 1. The van der Waals surface area contributed by atoms with E-state index in [0.29, 0.717) is 6.42 Å². The molecule has 1 saturated heterocycles. The number of rotatable bonds is 1. The van der Waals surface area contributed by atoms with Crippen LogP contribution in [0.3, 0.4) is 0 Å². The third-order valence-corrected chi connectivity index (χ3v) is 6.31. The minimum absolute atomic E-state index is 0.0358. The molecule has 0 aliphatic carbocycles. The number of para-hydroxylation sites is 1. The minimum Gasteiger partial charge on any atom is -0.452 e. The van der Waals surface area contributed by atoms with Crippen LogP contribution in [0.4, 0.5) is 27.6 Å². The van der Waals surface area contributed by atoms with Gasteiger partial charge < -0.3 is 15.0 Å². The van der Waals surface area contributed by atoms with Crippen molar-refractivity contribution < 1.29 is 31.5 Å². The molecule has 2 aliphatic rings. The maximum absolute atomic E-state index is 14.8. The van der Waals surface area contributed by atoms with E-state index >= 15 is 0 Å². The largest absolute Gasteiger partial charge is 0.471 e. The number of carbonyl (C=O) groups is 1. The SMILES string of the molecule is C[C@]12c3cccc(F)c3Oc3cc(F)c(C#N)c(Cl)c3N1CCCC2NC(=O)C(F)(F)F. The van der Waals surface area contributed by atoms with Gasteiger partial charge in [-0.25, -0.2) is 8.78 Å². The number of fused-ring (bicyclic) bond motifs is 5. The molecule has 168 valence electrons. The van der Waals surface area contributed by atoms with Gasteiger partial charge in [-0.15, -0.1) is 0 Å². The molecule has 32 heavy (non-hydrogen) atoms. The Hall–Kier alpha value is -3.06. The zero-order valence-corrected chi connectivity index (χ0v) is 17.2. The average molecular weight is 472 g/mol. The van der Waals surface area contributed by atoms with Crippen LogP contribution in [-0.2, 0) is 10.3 Å². The van der Waals surface area contributed by atoms with E-state index < -0.39 is 40.9 Å². The van der Waals surface area contributed by atoms with Crippen LogP contribution >= 0.6 is 11.6 Å². The predicted molar refractivity (Wildman–Crippen MR) is 105 cm³/mol. The Morgan fingerprint density at radius 3 is 2.72 bits per heavy atom. The molecule has 0 aromatic heterocycles. The van der Waals surface area contributed by atoms with E-state index in [1.165, 1.54) is 19.1 Å². The summed E-state index contributed by atoms with van der Waals surface area (Å²) in [5, 5.41) is 11.0. The fraction of sp³-hybridized carbons (Fsp3) is 0.333. The van der Waals surface area contributed by atoms with E-state index in [9.17, 15) is 32.0 Å². The summed E-state index contributed by atoms with van der Waals surface area (Å²) in [5.74, 6) is -4.48. The van der Waals surface area contributed by atoms with Gasteiger partial charge in [0.1, 0.15) is 23.1 Å². The molecule has 11 heteroatoms. The van der Waals surface area contributed by atoms with Gasteiger partial charge in [0, 0.05) is 18.2 Å². The van der Waals surface area contributed by atoms with Crippen LogP contribution in [0.25, 0.3) is 0 Å². The second-order valence-corrected chi connectivity index (χ2v) is 8.07. The van der Waals surface area contributed by atoms with Crippen LogP contribution in [-0.4, -0.2) is 24.7 Å². The highest BCUT2D eigenvalue weighted by Gasteiger charge is 2.52. The maximum atomic E-state index is 14.8. The third-order valence-electron chi connectivity index (χ3n) is 5.94. The van der Waals surface area contributed by atoms with E-state index in [0.717, 1.165) is 12.1 Å². The number of amides is 1. The summed E-state index contributed by atoms with van der Waals surface area (Å²) in [7, 11) is 0. The summed E-state index contributed by atoms with van der Waals surface area (Å²) in [6.45, 7) is 1.74. The normalized spacial score (nSPS) is 21.9. The van der Waals surface area contributed by atoms with Gasteiger partial charge in [0.05, 0.1) is 16.6 Å². The van der Waals surface area contributed by atoms with Gasteiger partial charge in [-0.3, -0.25) is 4.79 Å². The molecule has 2 aromatic carbocycles. The molecule has 4 rings (SSSR count). The number of ether oxygens (including phenoxy) is 1. The predicted octanol–water partition coefficient (Wildman–Crippen LogP) is 5.16. The second kappa shape index (κ2) is 7.52. The van der Waals surface area contributed by atoms with Crippen LogP contribution in [0.1, 0.15) is 30.9 Å². The molecule has 0 bridgehead atoms. The molecule has 2 aromatic rings. The average Bonchev–Trinajstić information content (AvgIpc) is 2.82. The number of nitrogens with one attached hydrogen (secondary N) is 1. The highest BCUT2D eigenvalue weighted by atomic mass is 35.5. The zero-order valence-electron chi connectivity index (χ0n) is 16.5. The van der Waals surface area contributed by atoms with E-state index in [1.807, 2.05) is 5.32 Å². The quantitative estimate of drug-likeness (QED) is 0.584. The molecule has 1 amide bonds. The number of anilines is 1. The first-order valence-electron chi connectivity index (χ1n) is 9.54. The lowest BCUT2D eigenvalue weighted by Gasteiger charge is -2.51. The molecule has 1 fully saturated rings. The first kappa shape index (κ1) is 22.1. The van der Waals surface area contributed by atoms with E-state index in [-0.39, 0.29) is 40.7 Å². The Bertz CT molecular complexity index is 1160. The molecule has 1 N–H and O–H groups in total. The van der Waals surface area contributed by atoms with Crippen LogP contribution in [0, 0.1) is 23.0 Å². The maximum Gasteiger partial charge on any atom is 0.471 e. The first-order chi connectivity index (χ1) is 15.0. The van der Waals surface area contributed by atoms with Crippen molar-refractivity contribution in [3.63, 3.8) is 0 Å². The van der Waals surface area contributed by atoms with Gasteiger partial charge >= 0.3 is 12.1 Å². The Kier molecular flexibility index (Phi) is 5.20. The van der Waals surface area contributed by atoms with Gasteiger partial charge in [0.2, 0.25) is 0 Å². The molecular formula is C21H15ClF5N3O2. The molecule has 0 spiro atoms. The smallest absolute Gasteiger partial charge is 0.452 e. The monoisotopic (exact) mass is 471 g/mol. The van der Waals surface area contributed by atoms with Crippen molar-refractivity contribution in [3.05, 3.63) is 52.0 Å². The summed E-state index contributed by atoms with van der Waals surface area (Å²) >= 11 is 6.35. The first-order valence-corrected chi connectivity index (χ1v) is 9.92. The highest BCUT2D eigenvalue weighted by Crippen LogP contribution is 2.54. The van der Waals surface area contributed by atoms with Crippen molar-refractivity contribution >= 4 is 23.2 Å². The second-order valence-electron chi connectivity index (χ2n) is 7.69. The van der Waals surface area contributed by atoms with Gasteiger partial charge in [0.15, 0.2) is 17.3 Å². The van der Waals surface area contributed by atoms with E-state index in [1.54, 1.807) is 11.0 Å². The lowest BCUT2D eigenvalue weighted by atomic mass is 9.77. The van der Waals surface area contributed by atoms with Crippen molar-refractivity contribution in [2.24, 2.45) is 0 Å². The summed E-state index contributed by atoms with van der Waals surface area (Å²) in [5.41, 5.74) is -1.76. The molecule has 2 aliphatic heterocycles. The fourth-order valence-electron chi connectivity index (χ4n) is 4.42. The standard InChI is InChI=1S/C21H15ClF5N3O2/c1-20-11-4-2-5-12(23)18(11)32-14-8-13(24)10(9-28)16(22)17(14)30(20)7-3-6-15(20)29-19(31)21(25,26)27/h2,4-5,8,15H,3,6-7H2,1H3,(H,29,31)/t15?,20-/m1/s1. The Morgan fingerprint density at radius 1 is 1.34 bits per heavy atom. The number of alkyl halides is 3. The van der Waals surface area contributed by atoms with Gasteiger partial charge in [0.25, 0.3) is 0 Å². The van der Waals surface area contributed by atoms with Crippen molar-refractivity contribution in [1.82, 2.24) is 5.32 Å². The van der Waals surface area contributed by atoms with Gasteiger partial charge in [-0.1, -0.05) is 23.7 Å². The number of hydrogen-bond acceptors (Lipinski definition) is 4. The third kappa shape index (κ3) is 3.23. The van der Waals surface area contributed by atoms with Crippen molar-refractivity contribution in [1.29, 1.82) is 5.26 Å². The van der Waals surface area contributed by atoms with Crippen LogP contribution in [0.15, 0.2) is 24.3 Å². The number of carbonyl (C=O) groups excluding carboxylic acids is 1. The zero-order chi connectivity index (χ0) is 23.4. The van der Waals surface area contributed by atoms with Crippen molar-refractivity contribution in [2.75, 3.05) is 11.4 Å². The van der Waals surface area contributed by atoms with Crippen LogP contribution < -0.4 is 15.0 Å². The Labute approximate surface area is 184 Å². The fourth-order valence-corrected chi connectivity index (χ4v) is 4.75. The molecule has 2 atom stereocenters. The lowest BCUT2D eigenvalue weighted by molar-refractivity contribution is -0.175. The van der Waals surface area contributed by atoms with Gasteiger partial charge in [-0.2, -0.15) is 18.4 Å². The summed E-state index contributed by atoms with van der Waals surface area (Å²) in [4.78, 5) is 13.3. The Morgan fingerprint density at radius 2 is 2.06 bits per heavy atom. The van der Waals surface area contributed by atoms with Crippen LogP contribution in [0.2, 0.25) is 5.02 Å². The molecule has 0 radical (unpaired) electrons. The summed E-state index contributed by atoms with van der Waals surface area (Å²) in [6.07, 6.45) is -4.65. The number of hydrogen-bond donors (Lipinski definition) is 1. The molecular weight excluding hydrogens is 457 g/mol. The summed E-state index contributed by atoms with van der Waals surface area (Å²) < 4.78 is 74.1. The number of halogens is 6. The number of nitrogens with zero attached hydrogens (tertiary/aromatic N) is 2. The topological polar surface area (TPSA) is 65.4 Å². The minimum atomic E-state index is -5.13. The number of benzene rings is 2. The highest BCUT2D eigenvalue weighted by molar-refractivity contribution is 6.35. The number of nitriles is 1. The van der Waals surface area contributed by atoms with Crippen LogP contribution in [0.5, 0.6) is 11.5 Å². The van der Waals surface area contributed by atoms with Crippen molar-refractivity contribution in [2.45, 2.75) is 37.5 Å². The van der Waals surface area contributed by atoms with Crippen molar-refractivity contribution in [3.8, 4) is 17.6 Å². The van der Waals surface area contributed by atoms with E-state index in [4.69, 9.17) is 16.3 Å². The lowest BCUT2D eigenvalue weighted by Crippen LogP contribution is -2.63. The van der Waals surface area contributed by atoms with Gasteiger partial charge in [-0.05, 0) is 25.8 Å². The summed E-state index contributed by atoms with van der Waals surface area (Å²) in [6, 6.07) is 5.32. The Balaban J connectivity index is 2.00.